The van der Waals surface area contributed by atoms with E-state index in [9.17, 15) is 13.2 Å². The Kier molecular flexibility index (Phi) is 3.64. The van der Waals surface area contributed by atoms with Crippen LogP contribution in [0.1, 0.15) is 36.7 Å². The Morgan fingerprint density at radius 2 is 2.05 bits per heavy atom. The maximum atomic E-state index is 12.2. The van der Waals surface area contributed by atoms with E-state index in [0.717, 1.165) is 5.56 Å². The maximum Gasteiger partial charge on any atom is 0.301 e. The summed E-state index contributed by atoms with van der Waals surface area (Å²) in [6.07, 6.45) is 0.634. The van der Waals surface area contributed by atoms with Gasteiger partial charge in [0.1, 0.15) is 0 Å². The van der Waals surface area contributed by atoms with Crippen molar-refractivity contribution in [1.29, 1.82) is 0 Å². The number of fused-ring (bicyclic) bond motifs is 1. The SMILES string of the molecule is CC(=O)c1ccc2c(c1)CCN2S(=O)(=O)NC(C)C. The van der Waals surface area contributed by atoms with Crippen LogP contribution in [0.25, 0.3) is 0 Å². The number of nitrogens with one attached hydrogen (secondary N) is 1. The highest BCUT2D eigenvalue weighted by atomic mass is 32.2. The number of hydrogen-bond acceptors (Lipinski definition) is 3. The highest BCUT2D eigenvalue weighted by Crippen LogP contribution is 2.30. The van der Waals surface area contributed by atoms with Crippen molar-refractivity contribution in [3.63, 3.8) is 0 Å². The number of rotatable bonds is 4. The van der Waals surface area contributed by atoms with E-state index in [1.807, 2.05) is 0 Å². The minimum absolute atomic E-state index is 0.00980. The molecular formula is C13H18N2O3S. The second kappa shape index (κ2) is 4.94. The number of hydrogen-bond donors (Lipinski definition) is 1. The van der Waals surface area contributed by atoms with Gasteiger partial charge >= 0.3 is 10.2 Å². The van der Waals surface area contributed by atoms with E-state index < -0.39 is 10.2 Å². The average molecular weight is 282 g/mol. The molecule has 1 aromatic rings. The fourth-order valence-electron chi connectivity index (χ4n) is 2.20. The smallest absolute Gasteiger partial charge is 0.295 e. The third kappa shape index (κ3) is 2.79. The van der Waals surface area contributed by atoms with Crippen LogP contribution in [0.2, 0.25) is 0 Å². The van der Waals surface area contributed by atoms with Gasteiger partial charge in [-0.15, -0.1) is 0 Å². The lowest BCUT2D eigenvalue weighted by Crippen LogP contribution is -2.42. The number of carbonyl (C=O) groups is 1. The minimum Gasteiger partial charge on any atom is -0.295 e. The van der Waals surface area contributed by atoms with Crippen molar-refractivity contribution >= 4 is 21.7 Å². The van der Waals surface area contributed by atoms with Gasteiger partial charge in [0, 0.05) is 18.2 Å². The fourth-order valence-corrected chi connectivity index (χ4v) is 3.69. The molecule has 0 unspecified atom stereocenters. The summed E-state index contributed by atoms with van der Waals surface area (Å²) in [6, 6.07) is 5.01. The quantitative estimate of drug-likeness (QED) is 0.851. The monoisotopic (exact) mass is 282 g/mol. The molecule has 0 aliphatic carbocycles. The van der Waals surface area contributed by atoms with Crippen LogP contribution < -0.4 is 9.03 Å². The molecule has 0 atom stereocenters. The Balaban J connectivity index is 2.35. The number of ketones is 1. The molecular weight excluding hydrogens is 264 g/mol. The van der Waals surface area contributed by atoms with Crippen LogP contribution in [0.15, 0.2) is 18.2 Å². The van der Waals surface area contributed by atoms with Crippen molar-refractivity contribution in [2.75, 3.05) is 10.8 Å². The van der Waals surface area contributed by atoms with Crippen LogP contribution >= 0.6 is 0 Å². The Hall–Kier alpha value is -1.40. The van der Waals surface area contributed by atoms with Crippen molar-refractivity contribution in [1.82, 2.24) is 4.72 Å². The summed E-state index contributed by atoms with van der Waals surface area (Å²) in [5.74, 6) is -0.00980. The summed E-state index contributed by atoms with van der Waals surface area (Å²) in [4.78, 5) is 11.3. The van der Waals surface area contributed by atoms with Crippen LogP contribution in [0.4, 0.5) is 5.69 Å². The third-order valence-electron chi connectivity index (χ3n) is 3.01. The minimum atomic E-state index is -3.51. The summed E-state index contributed by atoms with van der Waals surface area (Å²) in [6.45, 7) is 5.49. The summed E-state index contributed by atoms with van der Waals surface area (Å²) >= 11 is 0. The van der Waals surface area contributed by atoms with Gasteiger partial charge in [0.15, 0.2) is 5.78 Å². The van der Waals surface area contributed by atoms with E-state index in [2.05, 4.69) is 4.72 Å². The molecule has 1 aromatic carbocycles. The lowest BCUT2D eigenvalue weighted by atomic mass is 10.1. The predicted molar refractivity (Wildman–Crippen MR) is 74.7 cm³/mol. The topological polar surface area (TPSA) is 66.5 Å². The molecule has 5 nitrogen and oxygen atoms in total. The first-order chi connectivity index (χ1) is 8.81. The second-order valence-corrected chi connectivity index (χ2v) is 6.63. The molecule has 0 saturated carbocycles. The molecule has 1 aliphatic heterocycles. The Labute approximate surface area is 113 Å². The zero-order chi connectivity index (χ0) is 14.2. The molecule has 1 aliphatic rings. The molecule has 1 heterocycles. The first-order valence-corrected chi connectivity index (χ1v) is 7.69. The van der Waals surface area contributed by atoms with E-state index in [1.54, 1.807) is 32.0 Å². The normalized spacial score (nSPS) is 14.8. The molecule has 19 heavy (non-hydrogen) atoms. The molecule has 1 N–H and O–H groups in total. The van der Waals surface area contributed by atoms with Gasteiger partial charge in [-0.25, -0.2) is 0 Å². The van der Waals surface area contributed by atoms with E-state index >= 15 is 0 Å². The second-order valence-electron chi connectivity index (χ2n) is 5.00. The first-order valence-electron chi connectivity index (χ1n) is 6.25. The van der Waals surface area contributed by atoms with Crippen molar-refractivity contribution < 1.29 is 13.2 Å². The molecule has 0 bridgehead atoms. The molecule has 0 amide bonds. The number of anilines is 1. The highest BCUT2D eigenvalue weighted by molar-refractivity contribution is 7.90. The summed E-state index contributed by atoms with van der Waals surface area (Å²) in [7, 11) is -3.51. The molecule has 0 fully saturated rings. The van der Waals surface area contributed by atoms with Gasteiger partial charge in [-0.1, -0.05) is 0 Å². The van der Waals surface area contributed by atoms with E-state index in [-0.39, 0.29) is 11.8 Å². The first kappa shape index (κ1) is 14.0. The molecule has 0 spiro atoms. The molecule has 6 heteroatoms. The van der Waals surface area contributed by atoms with Crippen molar-refractivity contribution in [2.24, 2.45) is 0 Å². The molecule has 104 valence electrons. The molecule has 0 radical (unpaired) electrons. The van der Waals surface area contributed by atoms with Crippen LogP contribution in [-0.2, 0) is 16.6 Å². The van der Waals surface area contributed by atoms with Crippen LogP contribution in [0, 0.1) is 0 Å². The zero-order valence-corrected chi connectivity index (χ0v) is 12.1. The third-order valence-corrected chi connectivity index (χ3v) is 4.74. The maximum absolute atomic E-state index is 12.2. The van der Waals surface area contributed by atoms with Crippen molar-refractivity contribution in [3.05, 3.63) is 29.3 Å². The number of nitrogens with zero attached hydrogens (tertiary/aromatic N) is 1. The van der Waals surface area contributed by atoms with E-state index in [0.29, 0.717) is 24.2 Å². The lowest BCUT2D eigenvalue weighted by molar-refractivity contribution is 0.101. The lowest BCUT2D eigenvalue weighted by Gasteiger charge is -2.21. The summed E-state index contributed by atoms with van der Waals surface area (Å²) < 4.78 is 28.3. The van der Waals surface area contributed by atoms with Gasteiger partial charge in [-0.3, -0.25) is 9.10 Å². The largest absolute Gasteiger partial charge is 0.301 e. The summed E-state index contributed by atoms with van der Waals surface area (Å²) in [5, 5.41) is 0. The van der Waals surface area contributed by atoms with Crippen molar-refractivity contribution in [2.45, 2.75) is 33.2 Å². The van der Waals surface area contributed by atoms with E-state index in [4.69, 9.17) is 0 Å². The Morgan fingerprint density at radius 3 is 2.63 bits per heavy atom. The van der Waals surface area contributed by atoms with Gasteiger partial charge in [0.05, 0.1) is 5.69 Å². The summed E-state index contributed by atoms with van der Waals surface area (Å²) in [5.41, 5.74) is 2.19. The van der Waals surface area contributed by atoms with Crippen LogP contribution in [0.5, 0.6) is 0 Å². The molecule has 0 aromatic heterocycles. The zero-order valence-electron chi connectivity index (χ0n) is 11.3. The Bertz CT molecular complexity index is 608. The van der Waals surface area contributed by atoms with Crippen molar-refractivity contribution in [3.8, 4) is 0 Å². The standard InChI is InChI=1S/C13H18N2O3S/c1-9(2)14-19(17,18)15-7-6-12-8-11(10(3)16)4-5-13(12)15/h4-5,8-9,14H,6-7H2,1-3H3. The Morgan fingerprint density at radius 1 is 1.37 bits per heavy atom. The molecule has 0 saturated heterocycles. The predicted octanol–water partition coefficient (Wildman–Crippen LogP) is 1.49. The van der Waals surface area contributed by atoms with Gasteiger partial charge in [0.2, 0.25) is 0 Å². The number of benzene rings is 1. The van der Waals surface area contributed by atoms with Gasteiger partial charge < -0.3 is 0 Å². The number of carbonyl (C=O) groups excluding carboxylic acids is 1. The average Bonchev–Trinajstić information content (AvgIpc) is 2.70. The molecule has 2 rings (SSSR count). The fraction of sp³-hybridized carbons (Fsp3) is 0.462. The number of Topliss-reactive ketones (excluding diaryl/α,β-unsaturated/α-hetero) is 1. The van der Waals surface area contributed by atoms with Crippen LogP contribution in [0.3, 0.4) is 0 Å². The van der Waals surface area contributed by atoms with E-state index in [1.165, 1.54) is 11.2 Å². The van der Waals surface area contributed by atoms with Gasteiger partial charge in [-0.2, -0.15) is 13.1 Å². The van der Waals surface area contributed by atoms with Crippen LogP contribution in [-0.4, -0.2) is 26.8 Å². The van der Waals surface area contributed by atoms with Gasteiger partial charge in [0.25, 0.3) is 0 Å². The highest BCUT2D eigenvalue weighted by Gasteiger charge is 2.29. The van der Waals surface area contributed by atoms with Gasteiger partial charge in [-0.05, 0) is 51.0 Å².